The Bertz CT molecular complexity index is 721. The third kappa shape index (κ3) is 3.70. The minimum Gasteiger partial charge on any atom is -0.362 e. The van der Waals surface area contributed by atoms with Gasteiger partial charge in [-0.2, -0.15) is 0 Å². The van der Waals surface area contributed by atoms with Gasteiger partial charge in [0.25, 0.3) is 5.91 Å². The first-order valence-electron chi connectivity index (χ1n) is 8.30. The molecule has 3 heterocycles. The molecule has 1 fully saturated rings. The van der Waals surface area contributed by atoms with E-state index in [1.807, 2.05) is 47.2 Å². The molecule has 1 N–H and O–H groups in total. The molecule has 0 radical (unpaired) electrons. The van der Waals surface area contributed by atoms with E-state index in [9.17, 15) is 9.59 Å². The van der Waals surface area contributed by atoms with Crippen molar-refractivity contribution < 1.29 is 9.59 Å². The van der Waals surface area contributed by atoms with Crippen LogP contribution < -0.4 is 0 Å². The summed E-state index contributed by atoms with van der Waals surface area (Å²) in [5.74, 6) is 0.213. The molecule has 2 aromatic rings. The summed E-state index contributed by atoms with van der Waals surface area (Å²) >= 11 is 1.61. The lowest BCUT2D eigenvalue weighted by molar-refractivity contribution is -0.130. The van der Waals surface area contributed by atoms with Crippen LogP contribution in [-0.2, 0) is 11.2 Å². The summed E-state index contributed by atoms with van der Waals surface area (Å²) in [5.41, 5.74) is 2.65. The second-order valence-corrected chi connectivity index (χ2v) is 7.31. The fourth-order valence-electron chi connectivity index (χ4n) is 3.16. The largest absolute Gasteiger partial charge is 0.362 e. The van der Waals surface area contributed by atoms with Crippen molar-refractivity contribution in [3.8, 4) is 0 Å². The summed E-state index contributed by atoms with van der Waals surface area (Å²) in [6.45, 7) is 6.51. The highest BCUT2D eigenvalue weighted by Crippen LogP contribution is 2.16. The zero-order valence-electron chi connectivity index (χ0n) is 14.2. The molecule has 6 heteroatoms. The minimum absolute atomic E-state index is 0.0596. The van der Waals surface area contributed by atoms with Crippen LogP contribution in [0, 0.1) is 13.8 Å². The van der Waals surface area contributed by atoms with Gasteiger partial charge in [-0.25, -0.2) is 0 Å². The molecule has 1 aliphatic heterocycles. The van der Waals surface area contributed by atoms with Crippen molar-refractivity contribution >= 4 is 23.2 Å². The number of amides is 2. The highest BCUT2D eigenvalue weighted by atomic mass is 32.1. The number of hydrogen-bond donors (Lipinski definition) is 1. The van der Waals surface area contributed by atoms with E-state index < -0.39 is 0 Å². The summed E-state index contributed by atoms with van der Waals surface area (Å²) in [5, 5.41) is 1.99. The number of aryl methyl sites for hydroxylation is 2. The van der Waals surface area contributed by atoms with Crippen molar-refractivity contribution in [2.75, 3.05) is 26.2 Å². The van der Waals surface area contributed by atoms with Crippen LogP contribution >= 0.6 is 11.3 Å². The van der Waals surface area contributed by atoms with E-state index in [4.69, 9.17) is 0 Å². The maximum atomic E-state index is 12.7. The number of hydrogen-bond acceptors (Lipinski definition) is 3. The van der Waals surface area contributed by atoms with Gasteiger partial charge < -0.3 is 14.8 Å². The standard InChI is InChI=1S/C18H23N3O2S/c1-13-11-16(14(2)19-13)18(23)21-7-4-6-20(8-9-21)17(22)12-15-5-3-10-24-15/h3,5,10-11,19H,4,6-9,12H2,1-2H3. The quantitative estimate of drug-likeness (QED) is 0.930. The molecule has 2 amide bonds. The third-order valence-electron chi connectivity index (χ3n) is 4.42. The van der Waals surface area contributed by atoms with Crippen molar-refractivity contribution in [2.45, 2.75) is 26.7 Å². The lowest BCUT2D eigenvalue weighted by Crippen LogP contribution is -2.38. The molecule has 1 saturated heterocycles. The lowest BCUT2D eigenvalue weighted by atomic mass is 10.2. The molecular formula is C18H23N3O2S. The van der Waals surface area contributed by atoms with E-state index in [0.717, 1.165) is 34.8 Å². The molecule has 2 aromatic heterocycles. The first-order chi connectivity index (χ1) is 11.5. The molecule has 0 aliphatic carbocycles. The Hall–Kier alpha value is -2.08. The second-order valence-electron chi connectivity index (χ2n) is 6.27. The first kappa shape index (κ1) is 16.8. The minimum atomic E-state index is 0.0596. The van der Waals surface area contributed by atoms with Crippen LogP contribution in [0.4, 0.5) is 0 Å². The molecular weight excluding hydrogens is 322 g/mol. The Labute approximate surface area is 146 Å². The molecule has 5 nitrogen and oxygen atoms in total. The molecule has 3 rings (SSSR count). The van der Waals surface area contributed by atoms with Crippen LogP contribution in [0.2, 0.25) is 0 Å². The van der Waals surface area contributed by atoms with Crippen LogP contribution in [-0.4, -0.2) is 52.8 Å². The topological polar surface area (TPSA) is 56.4 Å². The van der Waals surface area contributed by atoms with Crippen LogP contribution in [0.1, 0.15) is 33.0 Å². The number of carbonyl (C=O) groups excluding carboxylic acids is 2. The fraction of sp³-hybridized carbons (Fsp3) is 0.444. The number of aromatic nitrogens is 1. The number of rotatable bonds is 3. The number of aromatic amines is 1. The predicted molar refractivity (Wildman–Crippen MR) is 95.4 cm³/mol. The summed E-state index contributed by atoms with van der Waals surface area (Å²) in [4.78, 5) is 33.2. The average Bonchev–Trinajstić information content (AvgIpc) is 3.08. The number of carbonyl (C=O) groups is 2. The Balaban J connectivity index is 1.61. The van der Waals surface area contributed by atoms with Gasteiger partial charge in [0.15, 0.2) is 0 Å². The Kier molecular flexibility index (Phi) is 5.04. The van der Waals surface area contributed by atoms with Crippen molar-refractivity contribution in [2.24, 2.45) is 0 Å². The fourth-order valence-corrected chi connectivity index (χ4v) is 3.86. The van der Waals surface area contributed by atoms with Gasteiger partial charge in [-0.3, -0.25) is 9.59 Å². The normalized spacial score (nSPS) is 15.4. The van der Waals surface area contributed by atoms with Crippen molar-refractivity contribution in [1.29, 1.82) is 0 Å². The Morgan fingerprint density at radius 1 is 1.17 bits per heavy atom. The van der Waals surface area contributed by atoms with Gasteiger partial charge in [0.1, 0.15) is 0 Å². The van der Waals surface area contributed by atoms with Crippen LogP contribution in [0.5, 0.6) is 0 Å². The highest BCUT2D eigenvalue weighted by Gasteiger charge is 2.24. The zero-order chi connectivity index (χ0) is 17.1. The first-order valence-corrected chi connectivity index (χ1v) is 9.18. The van der Waals surface area contributed by atoms with E-state index in [2.05, 4.69) is 4.98 Å². The summed E-state index contributed by atoms with van der Waals surface area (Å²) in [6, 6.07) is 5.87. The van der Waals surface area contributed by atoms with Crippen LogP contribution in [0.15, 0.2) is 23.6 Å². The average molecular weight is 345 g/mol. The van der Waals surface area contributed by atoms with E-state index in [1.165, 1.54) is 0 Å². The van der Waals surface area contributed by atoms with Crippen LogP contribution in [0.3, 0.4) is 0 Å². The molecule has 1 aliphatic rings. The molecule has 0 unspecified atom stereocenters. The maximum absolute atomic E-state index is 12.7. The summed E-state index contributed by atoms with van der Waals surface area (Å²) < 4.78 is 0. The molecule has 128 valence electrons. The SMILES string of the molecule is Cc1cc(C(=O)N2CCCN(C(=O)Cc3cccs3)CC2)c(C)[nH]1. The van der Waals surface area contributed by atoms with Crippen molar-refractivity contribution in [3.05, 3.63) is 45.4 Å². The Morgan fingerprint density at radius 3 is 2.58 bits per heavy atom. The second kappa shape index (κ2) is 7.21. The number of nitrogens with zero attached hydrogens (tertiary/aromatic N) is 2. The van der Waals surface area contributed by atoms with E-state index >= 15 is 0 Å². The van der Waals surface area contributed by atoms with E-state index in [1.54, 1.807) is 11.3 Å². The Morgan fingerprint density at radius 2 is 1.92 bits per heavy atom. The van der Waals surface area contributed by atoms with Gasteiger partial charge >= 0.3 is 0 Å². The molecule has 0 aromatic carbocycles. The van der Waals surface area contributed by atoms with Gasteiger partial charge in [0.2, 0.25) is 5.91 Å². The van der Waals surface area contributed by atoms with Gasteiger partial charge in [0.05, 0.1) is 12.0 Å². The number of nitrogens with one attached hydrogen (secondary N) is 1. The lowest BCUT2D eigenvalue weighted by Gasteiger charge is -2.22. The van der Waals surface area contributed by atoms with Crippen molar-refractivity contribution in [1.82, 2.24) is 14.8 Å². The smallest absolute Gasteiger partial charge is 0.255 e. The highest BCUT2D eigenvalue weighted by molar-refractivity contribution is 7.10. The summed E-state index contributed by atoms with van der Waals surface area (Å²) in [7, 11) is 0. The monoisotopic (exact) mass is 345 g/mol. The van der Waals surface area contributed by atoms with E-state index in [0.29, 0.717) is 26.1 Å². The zero-order valence-corrected chi connectivity index (χ0v) is 15.0. The molecule has 0 saturated carbocycles. The molecule has 24 heavy (non-hydrogen) atoms. The molecule has 0 spiro atoms. The van der Waals surface area contributed by atoms with Crippen LogP contribution in [0.25, 0.3) is 0 Å². The predicted octanol–water partition coefficient (Wildman–Crippen LogP) is 2.61. The van der Waals surface area contributed by atoms with Gasteiger partial charge in [0, 0.05) is 42.4 Å². The summed E-state index contributed by atoms with van der Waals surface area (Å²) in [6.07, 6.45) is 1.28. The van der Waals surface area contributed by atoms with Crippen molar-refractivity contribution in [3.63, 3.8) is 0 Å². The van der Waals surface area contributed by atoms with E-state index in [-0.39, 0.29) is 11.8 Å². The maximum Gasteiger partial charge on any atom is 0.255 e. The van der Waals surface area contributed by atoms with Gasteiger partial charge in [-0.15, -0.1) is 11.3 Å². The van der Waals surface area contributed by atoms with Gasteiger partial charge in [-0.1, -0.05) is 6.07 Å². The third-order valence-corrected chi connectivity index (χ3v) is 5.30. The number of H-pyrrole nitrogens is 1. The molecule has 0 bridgehead atoms. The molecule has 0 atom stereocenters. The van der Waals surface area contributed by atoms with Gasteiger partial charge in [-0.05, 0) is 37.8 Å². The number of thiophene rings is 1.